The molecular formula is C11H10NS2-. The molecular weight excluding hydrogens is 210 g/mol. The average molecular weight is 220 g/mol. The number of para-hydroxylation sites is 1. The van der Waals surface area contributed by atoms with Gasteiger partial charge >= 0.3 is 0 Å². The van der Waals surface area contributed by atoms with E-state index in [9.17, 15) is 0 Å². The molecule has 0 saturated heterocycles. The summed E-state index contributed by atoms with van der Waals surface area (Å²) >= 11 is 7.05. The van der Waals surface area contributed by atoms with Crippen molar-refractivity contribution in [2.24, 2.45) is 0 Å². The van der Waals surface area contributed by atoms with E-state index in [-0.39, 0.29) is 0 Å². The highest BCUT2D eigenvalue weighted by Gasteiger charge is 2.00. The van der Waals surface area contributed by atoms with E-state index in [0.717, 1.165) is 16.2 Å². The van der Waals surface area contributed by atoms with Crippen LogP contribution in [0.25, 0.3) is 10.9 Å². The van der Waals surface area contributed by atoms with Gasteiger partial charge in [-0.2, -0.15) is 0 Å². The third-order valence-electron chi connectivity index (χ3n) is 1.98. The van der Waals surface area contributed by atoms with Crippen molar-refractivity contribution in [1.29, 1.82) is 0 Å². The average Bonchev–Trinajstić information content (AvgIpc) is 2.23. The Bertz CT molecular complexity index is 454. The van der Waals surface area contributed by atoms with Gasteiger partial charge in [0.25, 0.3) is 0 Å². The van der Waals surface area contributed by atoms with E-state index in [1.54, 1.807) is 18.0 Å². The predicted molar refractivity (Wildman–Crippen MR) is 63.8 cm³/mol. The number of aromatic nitrogens is 1. The number of hydrogen-bond donors (Lipinski definition) is 0. The lowest BCUT2D eigenvalue weighted by atomic mass is 10.2. The van der Waals surface area contributed by atoms with Crippen molar-refractivity contribution in [3.05, 3.63) is 30.5 Å². The minimum atomic E-state index is 0.857. The lowest BCUT2D eigenvalue weighted by Crippen LogP contribution is -1.86. The Morgan fingerprint density at radius 3 is 2.93 bits per heavy atom. The van der Waals surface area contributed by atoms with Crippen LogP contribution in [-0.4, -0.2) is 10.7 Å². The highest BCUT2D eigenvalue weighted by atomic mass is 32.2. The second kappa shape index (κ2) is 4.15. The van der Waals surface area contributed by atoms with Crippen molar-refractivity contribution in [3.63, 3.8) is 0 Å². The van der Waals surface area contributed by atoms with Crippen LogP contribution < -0.4 is 0 Å². The second-order valence-corrected chi connectivity index (χ2v) is 4.62. The monoisotopic (exact) mass is 220 g/mol. The molecule has 1 heterocycles. The topological polar surface area (TPSA) is 12.9 Å². The summed E-state index contributed by atoms with van der Waals surface area (Å²) < 4.78 is 0. The molecule has 0 spiro atoms. The fraction of sp³-hybridized carbons (Fsp3) is 0.182. The first kappa shape index (κ1) is 9.74. The number of thioether (sulfide) groups is 1. The van der Waals surface area contributed by atoms with Gasteiger partial charge < -0.3 is 12.6 Å². The Morgan fingerprint density at radius 1 is 1.36 bits per heavy atom. The highest BCUT2D eigenvalue weighted by Crippen LogP contribution is 2.29. The normalized spacial score (nSPS) is 10.6. The first-order valence-corrected chi connectivity index (χ1v) is 5.90. The molecule has 3 heteroatoms. The van der Waals surface area contributed by atoms with Gasteiger partial charge in [-0.15, -0.1) is 16.7 Å². The fourth-order valence-corrected chi connectivity index (χ4v) is 2.54. The molecule has 0 aliphatic rings. The largest absolute Gasteiger partial charge is 0.777 e. The number of nitrogens with zero attached hydrogens (tertiary/aromatic N) is 1. The van der Waals surface area contributed by atoms with Crippen LogP contribution in [0.15, 0.2) is 40.3 Å². The Morgan fingerprint density at radius 2 is 2.14 bits per heavy atom. The van der Waals surface area contributed by atoms with Crippen molar-refractivity contribution >= 4 is 35.3 Å². The summed E-state index contributed by atoms with van der Waals surface area (Å²) in [5.41, 5.74) is 1.03. The molecule has 0 amide bonds. The van der Waals surface area contributed by atoms with Gasteiger partial charge in [-0.1, -0.05) is 25.1 Å². The summed E-state index contributed by atoms with van der Waals surface area (Å²) in [6.07, 6.45) is 1.77. The summed E-state index contributed by atoms with van der Waals surface area (Å²) in [4.78, 5) is 6.35. The van der Waals surface area contributed by atoms with Crippen LogP contribution in [0.5, 0.6) is 0 Å². The molecule has 0 aliphatic heterocycles. The Balaban J connectivity index is 2.69. The van der Waals surface area contributed by atoms with E-state index in [1.807, 2.05) is 18.2 Å². The molecule has 72 valence electrons. The number of pyridine rings is 1. The van der Waals surface area contributed by atoms with Crippen LogP contribution in [0.2, 0.25) is 0 Å². The zero-order chi connectivity index (χ0) is 9.97. The van der Waals surface area contributed by atoms with Gasteiger partial charge in [0.15, 0.2) is 0 Å². The van der Waals surface area contributed by atoms with Gasteiger partial charge in [0.1, 0.15) is 0 Å². The number of hydrogen-bond acceptors (Lipinski definition) is 3. The first-order chi connectivity index (χ1) is 6.83. The summed E-state index contributed by atoms with van der Waals surface area (Å²) in [6, 6.07) is 8.12. The van der Waals surface area contributed by atoms with Crippen molar-refractivity contribution in [2.75, 3.05) is 5.75 Å². The number of fused-ring (bicyclic) bond motifs is 1. The smallest absolute Gasteiger partial charge is 0.0712 e. The van der Waals surface area contributed by atoms with Crippen LogP contribution in [0.1, 0.15) is 6.92 Å². The summed E-state index contributed by atoms with van der Waals surface area (Å²) in [7, 11) is 0. The Kier molecular flexibility index (Phi) is 2.89. The molecule has 2 aromatic rings. The van der Waals surface area contributed by atoms with Gasteiger partial charge in [-0.3, -0.25) is 4.98 Å². The molecule has 0 fully saturated rings. The Labute approximate surface area is 93.3 Å². The molecule has 0 aliphatic carbocycles. The van der Waals surface area contributed by atoms with Gasteiger partial charge in [0.05, 0.1) is 5.52 Å². The third kappa shape index (κ3) is 1.70. The molecule has 0 N–H and O–H groups in total. The van der Waals surface area contributed by atoms with E-state index in [0.29, 0.717) is 0 Å². The molecule has 1 nitrogen and oxygen atoms in total. The van der Waals surface area contributed by atoms with Gasteiger partial charge in [0, 0.05) is 11.6 Å². The minimum absolute atomic E-state index is 0.857. The van der Waals surface area contributed by atoms with Crippen molar-refractivity contribution in [3.8, 4) is 0 Å². The quantitative estimate of drug-likeness (QED) is 0.569. The summed E-state index contributed by atoms with van der Waals surface area (Å²) in [5, 5.41) is 1.17. The Hall–Kier alpha value is -0.800. The van der Waals surface area contributed by atoms with Gasteiger partial charge in [-0.25, -0.2) is 0 Å². The molecule has 0 radical (unpaired) electrons. The van der Waals surface area contributed by atoms with E-state index in [1.165, 1.54) is 10.3 Å². The van der Waals surface area contributed by atoms with Crippen LogP contribution in [-0.2, 0) is 12.6 Å². The molecule has 0 unspecified atom stereocenters. The minimum Gasteiger partial charge on any atom is -0.777 e. The standard InChI is InChI=1S/C11H11NS2/c1-2-14-11-8-5-3-4-6-9(8)12-7-10(11)13/h3-7,13H,2H2,1H3/p-1. The zero-order valence-electron chi connectivity index (χ0n) is 7.86. The van der Waals surface area contributed by atoms with Crippen molar-refractivity contribution in [1.82, 2.24) is 4.98 Å². The van der Waals surface area contributed by atoms with E-state index >= 15 is 0 Å². The zero-order valence-corrected chi connectivity index (χ0v) is 9.49. The van der Waals surface area contributed by atoms with E-state index in [2.05, 4.69) is 18.0 Å². The van der Waals surface area contributed by atoms with Crippen molar-refractivity contribution in [2.45, 2.75) is 16.7 Å². The lowest BCUT2D eigenvalue weighted by Gasteiger charge is -2.14. The molecule has 1 aromatic heterocycles. The van der Waals surface area contributed by atoms with E-state index in [4.69, 9.17) is 12.6 Å². The lowest BCUT2D eigenvalue weighted by molar-refractivity contribution is 1.20. The van der Waals surface area contributed by atoms with E-state index < -0.39 is 0 Å². The van der Waals surface area contributed by atoms with Gasteiger partial charge in [-0.05, 0) is 16.7 Å². The van der Waals surface area contributed by atoms with Crippen LogP contribution in [0.3, 0.4) is 0 Å². The predicted octanol–water partition coefficient (Wildman–Crippen LogP) is 3.25. The molecule has 14 heavy (non-hydrogen) atoms. The first-order valence-electron chi connectivity index (χ1n) is 4.50. The second-order valence-electron chi connectivity index (χ2n) is 2.90. The molecule has 1 aromatic carbocycles. The maximum atomic E-state index is 5.26. The molecule has 0 atom stereocenters. The molecule has 0 bridgehead atoms. The molecule has 0 saturated carbocycles. The van der Waals surface area contributed by atoms with Crippen LogP contribution >= 0.6 is 11.8 Å². The van der Waals surface area contributed by atoms with Crippen LogP contribution in [0.4, 0.5) is 0 Å². The fourth-order valence-electron chi connectivity index (χ4n) is 1.39. The third-order valence-corrected chi connectivity index (χ3v) is 3.44. The van der Waals surface area contributed by atoms with Crippen molar-refractivity contribution < 1.29 is 0 Å². The maximum Gasteiger partial charge on any atom is 0.0712 e. The number of rotatable bonds is 2. The van der Waals surface area contributed by atoms with Gasteiger partial charge in [0.2, 0.25) is 0 Å². The number of benzene rings is 1. The summed E-state index contributed by atoms with van der Waals surface area (Å²) in [6.45, 7) is 2.13. The highest BCUT2D eigenvalue weighted by molar-refractivity contribution is 7.99. The molecule has 2 rings (SSSR count). The maximum absolute atomic E-state index is 5.26. The van der Waals surface area contributed by atoms with Crippen LogP contribution in [0, 0.1) is 0 Å². The SMILES string of the molecule is CCSc1c([S-])cnc2ccccc12. The summed E-state index contributed by atoms with van der Waals surface area (Å²) in [5.74, 6) is 1.04.